The molecule has 25 heavy (non-hydrogen) atoms. The summed E-state index contributed by atoms with van der Waals surface area (Å²) in [6, 6.07) is 15.3. The van der Waals surface area contributed by atoms with Crippen molar-refractivity contribution >= 4 is 5.91 Å². The zero-order chi connectivity index (χ0) is 17.1. The van der Waals surface area contributed by atoms with E-state index in [1.54, 1.807) is 23.4 Å². The van der Waals surface area contributed by atoms with Crippen LogP contribution >= 0.6 is 0 Å². The number of pyridine rings is 1. The van der Waals surface area contributed by atoms with Crippen LogP contribution in [0.2, 0.25) is 0 Å². The molecule has 0 aliphatic carbocycles. The van der Waals surface area contributed by atoms with Gasteiger partial charge in [0, 0.05) is 30.6 Å². The van der Waals surface area contributed by atoms with Gasteiger partial charge in [-0.3, -0.25) is 9.78 Å². The van der Waals surface area contributed by atoms with Crippen LogP contribution < -0.4 is 0 Å². The maximum atomic E-state index is 12.8. The summed E-state index contributed by atoms with van der Waals surface area (Å²) >= 11 is 0. The van der Waals surface area contributed by atoms with Gasteiger partial charge in [0.1, 0.15) is 6.10 Å². The van der Waals surface area contributed by atoms with E-state index in [2.05, 4.69) is 10.1 Å². The van der Waals surface area contributed by atoms with E-state index >= 15 is 0 Å². The van der Waals surface area contributed by atoms with Gasteiger partial charge in [0.05, 0.1) is 13.2 Å². The molecular weight excluding hydrogens is 318 g/mol. The lowest BCUT2D eigenvalue weighted by Crippen LogP contribution is -2.42. The number of carbonyl (C=O) groups excluding carboxylic acids is 1. The first kappa shape index (κ1) is 15.5. The maximum absolute atomic E-state index is 12.8. The predicted octanol–water partition coefficient (Wildman–Crippen LogP) is 2.95. The van der Waals surface area contributed by atoms with Crippen molar-refractivity contribution in [1.82, 2.24) is 15.0 Å². The molecule has 1 saturated heterocycles. The van der Waals surface area contributed by atoms with Crippen molar-refractivity contribution in [1.29, 1.82) is 0 Å². The Kier molecular flexibility index (Phi) is 4.26. The van der Waals surface area contributed by atoms with Crippen molar-refractivity contribution in [3.8, 4) is 11.3 Å². The van der Waals surface area contributed by atoms with Crippen LogP contribution in [-0.2, 0) is 4.74 Å². The molecule has 126 valence electrons. The first-order valence-electron chi connectivity index (χ1n) is 8.14. The molecule has 0 N–H and O–H groups in total. The second-order valence-corrected chi connectivity index (χ2v) is 5.84. The van der Waals surface area contributed by atoms with Gasteiger partial charge in [0.25, 0.3) is 5.91 Å². The van der Waals surface area contributed by atoms with Crippen molar-refractivity contribution in [3.05, 3.63) is 72.2 Å². The highest BCUT2D eigenvalue weighted by Gasteiger charge is 2.28. The third kappa shape index (κ3) is 3.29. The monoisotopic (exact) mass is 335 g/mol. The highest BCUT2D eigenvalue weighted by Crippen LogP contribution is 2.24. The smallest absolute Gasteiger partial charge is 0.276 e. The van der Waals surface area contributed by atoms with Gasteiger partial charge in [0.2, 0.25) is 0 Å². The summed E-state index contributed by atoms with van der Waals surface area (Å²) in [5.74, 6) is 0.382. The molecule has 0 radical (unpaired) electrons. The number of amides is 1. The van der Waals surface area contributed by atoms with Crippen LogP contribution in [-0.4, -0.2) is 40.6 Å². The Labute approximate surface area is 145 Å². The molecule has 1 fully saturated rings. The van der Waals surface area contributed by atoms with Gasteiger partial charge >= 0.3 is 0 Å². The summed E-state index contributed by atoms with van der Waals surface area (Å²) < 4.78 is 11.1. The molecule has 1 aliphatic heterocycles. The molecule has 1 unspecified atom stereocenters. The molecule has 1 aliphatic rings. The first-order chi connectivity index (χ1) is 12.3. The number of rotatable bonds is 3. The molecular formula is C19H17N3O3. The van der Waals surface area contributed by atoms with E-state index < -0.39 is 0 Å². The first-order valence-corrected chi connectivity index (χ1v) is 8.14. The number of hydrogen-bond donors (Lipinski definition) is 0. The van der Waals surface area contributed by atoms with E-state index in [-0.39, 0.29) is 12.0 Å². The Balaban J connectivity index is 1.50. The van der Waals surface area contributed by atoms with Gasteiger partial charge in [-0.15, -0.1) is 0 Å². The van der Waals surface area contributed by atoms with E-state index in [4.69, 9.17) is 9.26 Å². The predicted molar refractivity (Wildman–Crippen MR) is 90.8 cm³/mol. The summed E-state index contributed by atoms with van der Waals surface area (Å²) in [5, 5.41) is 3.93. The average Bonchev–Trinajstić information content (AvgIpc) is 3.19. The van der Waals surface area contributed by atoms with E-state index in [1.807, 2.05) is 42.5 Å². The van der Waals surface area contributed by atoms with Gasteiger partial charge in [-0.1, -0.05) is 35.5 Å². The number of benzene rings is 1. The third-order valence-electron chi connectivity index (χ3n) is 4.20. The molecule has 0 bridgehead atoms. The van der Waals surface area contributed by atoms with Crippen LogP contribution in [0, 0.1) is 0 Å². The van der Waals surface area contributed by atoms with Crippen LogP contribution in [0.3, 0.4) is 0 Å². The Morgan fingerprint density at radius 2 is 2.04 bits per heavy atom. The summed E-state index contributed by atoms with van der Waals surface area (Å²) in [6.45, 7) is 1.54. The largest absolute Gasteiger partial charge is 0.370 e. The molecule has 1 atom stereocenters. The fourth-order valence-electron chi connectivity index (χ4n) is 2.89. The van der Waals surface area contributed by atoms with E-state index in [0.717, 1.165) is 11.1 Å². The molecule has 2 aromatic heterocycles. The van der Waals surface area contributed by atoms with Gasteiger partial charge < -0.3 is 14.2 Å². The van der Waals surface area contributed by atoms with Crippen LogP contribution in [0.1, 0.15) is 22.2 Å². The molecule has 3 aromatic rings. The molecule has 6 nitrogen and oxygen atoms in total. The summed E-state index contributed by atoms with van der Waals surface area (Å²) in [5.41, 5.74) is 2.15. The van der Waals surface area contributed by atoms with Crippen molar-refractivity contribution in [2.45, 2.75) is 6.10 Å². The molecule has 1 aromatic carbocycles. The number of ether oxygens (including phenoxy) is 1. The topological polar surface area (TPSA) is 68.5 Å². The summed E-state index contributed by atoms with van der Waals surface area (Å²) in [4.78, 5) is 18.6. The minimum absolute atomic E-state index is 0.122. The van der Waals surface area contributed by atoms with Crippen molar-refractivity contribution < 1.29 is 14.1 Å². The highest BCUT2D eigenvalue weighted by molar-refractivity contribution is 5.93. The SMILES string of the molecule is O=C(c1cc(-c2cccnc2)on1)N1CCOC(c2ccccc2)C1. The normalized spacial score (nSPS) is 17.4. The Hall–Kier alpha value is -2.99. The van der Waals surface area contributed by atoms with E-state index in [1.165, 1.54) is 0 Å². The molecule has 1 amide bonds. The van der Waals surface area contributed by atoms with Crippen LogP contribution in [0.5, 0.6) is 0 Å². The Bertz CT molecular complexity index is 849. The second kappa shape index (κ2) is 6.86. The van der Waals surface area contributed by atoms with Crippen molar-refractivity contribution in [3.63, 3.8) is 0 Å². The fourth-order valence-corrected chi connectivity index (χ4v) is 2.89. The number of hydrogen-bond acceptors (Lipinski definition) is 5. The lowest BCUT2D eigenvalue weighted by Gasteiger charge is -2.32. The summed E-state index contributed by atoms with van der Waals surface area (Å²) in [7, 11) is 0. The molecule has 3 heterocycles. The van der Waals surface area contributed by atoms with Crippen LogP contribution in [0.25, 0.3) is 11.3 Å². The van der Waals surface area contributed by atoms with E-state index in [0.29, 0.717) is 31.2 Å². The Morgan fingerprint density at radius 1 is 1.16 bits per heavy atom. The zero-order valence-corrected chi connectivity index (χ0v) is 13.5. The van der Waals surface area contributed by atoms with Gasteiger partial charge in [-0.25, -0.2) is 0 Å². The maximum Gasteiger partial charge on any atom is 0.276 e. The van der Waals surface area contributed by atoms with Crippen molar-refractivity contribution in [2.24, 2.45) is 0 Å². The molecule has 4 rings (SSSR count). The Morgan fingerprint density at radius 3 is 2.84 bits per heavy atom. The average molecular weight is 335 g/mol. The molecule has 0 spiro atoms. The lowest BCUT2D eigenvalue weighted by atomic mass is 10.1. The number of morpholine rings is 1. The quantitative estimate of drug-likeness (QED) is 0.736. The van der Waals surface area contributed by atoms with Crippen LogP contribution in [0.4, 0.5) is 0 Å². The number of nitrogens with zero attached hydrogens (tertiary/aromatic N) is 3. The summed E-state index contributed by atoms with van der Waals surface area (Å²) in [6.07, 6.45) is 3.24. The minimum atomic E-state index is -0.150. The van der Waals surface area contributed by atoms with Crippen LogP contribution in [0.15, 0.2) is 65.4 Å². The van der Waals surface area contributed by atoms with Gasteiger partial charge in [-0.2, -0.15) is 0 Å². The molecule has 6 heteroatoms. The second-order valence-electron chi connectivity index (χ2n) is 5.84. The number of aromatic nitrogens is 2. The zero-order valence-electron chi connectivity index (χ0n) is 13.5. The van der Waals surface area contributed by atoms with E-state index in [9.17, 15) is 4.79 Å². The third-order valence-corrected chi connectivity index (χ3v) is 4.20. The fraction of sp³-hybridized carbons (Fsp3) is 0.211. The highest BCUT2D eigenvalue weighted by atomic mass is 16.5. The minimum Gasteiger partial charge on any atom is -0.370 e. The lowest BCUT2D eigenvalue weighted by molar-refractivity contribution is -0.0231. The molecule has 0 saturated carbocycles. The van der Waals surface area contributed by atoms with Gasteiger partial charge in [-0.05, 0) is 17.7 Å². The number of carbonyl (C=O) groups is 1. The standard InChI is InChI=1S/C19H17N3O3/c23-19(16-11-17(25-21-16)15-7-4-8-20-12-15)22-9-10-24-18(13-22)14-5-2-1-3-6-14/h1-8,11-12,18H,9-10,13H2. The van der Waals surface area contributed by atoms with Crippen molar-refractivity contribution in [2.75, 3.05) is 19.7 Å². The van der Waals surface area contributed by atoms with Gasteiger partial charge in [0.15, 0.2) is 11.5 Å².